The maximum atomic E-state index is 12.4. The molecule has 19 heavy (non-hydrogen) atoms. The maximum Gasteiger partial charge on any atom is 0.245 e. The van der Waals surface area contributed by atoms with E-state index in [0.29, 0.717) is 19.4 Å². The van der Waals surface area contributed by atoms with Crippen LogP contribution in [0.15, 0.2) is 0 Å². The van der Waals surface area contributed by atoms with Crippen LogP contribution in [0.1, 0.15) is 46.0 Å². The molecule has 2 fully saturated rings. The van der Waals surface area contributed by atoms with Crippen molar-refractivity contribution in [2.75, 3.05) is 13.2 Å². The van der Waals surface area contributed by atoms with Gasteiger partial charge >= 0.3 is 0 Å². The third-order valence-electron chi connectivity index (χ3n) is 4.05. The molecule has 2 rings (SSSR count). The molecule has 0 saturated carbocycles. The lowest BCUT2D eigenvalue weighted by molar-refractivity contribution is -0.135. The minimum Gasteiger partial charge on any atom is -0.378 e. The largest absolute Gasteiger partial charge is 0.378 e. The number of amides is 2. The highest BCUT2D eigenvalue weighted by molar-refractivity contribution is 5.90. The van der Waals surface area contributed by atoms with Crippen LogP contribution in [-0.4, -0.2) is 48.1 Å². The molecule has 0 bridgehead atoms. The Labute approximate surface area is 114 Å². The van der Waals surface area contributed by atoms with Crippen molar-refractivity contribution in [3.05, 3.63) is 0 Å². The van der Waals surface area contributed by atoms with Gasteiger partial charge in [0.05, 0.1) is 6.10 Å². The molecule has 5 nitrogen and oxygen atoms in total. The first-order valence-electron chi connectivity index (χ1n) is 7.33. The zero-order valence-electron chi connectivity index (χ0n) is 11.9. The number of nitrogens with zero attached hydrogens (tertiary/aromatic N) is 1. The van der Waals surface area contributed by atoms with E-state index in [1.165, 1.54) is 0 Å². The molecular weight excluding hydrogens is 244 g/mol. The minimum atomic E-state index is -0.359. The quantitative estimate of drug-likeness (QED) is 0.829. The number of hydrogen-bond acceptors (Lipinski definition) is 3. The maximum absolute atomic E-state index is 12.4. The van der Waals surface area contributed by atoms with Crippen molar-refractivity contribution in [1.29, 1.82) is 0 Å². The molecule has 3 unspecified atom stereocenters. The van der Waals surface area contributed by atoms with E-state index in [-0.39, 0.29) is 30.0 Å². The Kier molecular flexibility index (Phi) is 4.80. The number of carbonyl (C=O) groups excluding carboxylic acids is 2. The van der Waals surface area contributed by atoms with Crippen molar-refractivity contribution in [2.24, 2.45) is 0 Å². The Bertz CT molecular complexity index is 340. The summed E-state index contributed by atoms with van der Waals surface area (Å²) in [6.07, 6.45) is 4.41. The third-order valence-corrected chi connectivity index (χ3v) is 4.05. The van der Waals surface area contributed by atoms with E-state index in [0.717, 1.165) is 25.9 Å². The smallest absolute Gasteiger partial charge is 0.245 e. The second kappa shape index (κ2) is 6.37. The summed E-state index contributed by atoms with van der Waals surface area (Å²) in [5, 5.41) is 2.81. The zero-order chi connectivity index (χ0) is 13.8. The molecule has 0 radical (unpaired) electrons. The van der Waals surface area contributed by atoms with Crippen molar-refractivity contribution in [1.82, 2.24) is 10.2 Å². The first-order valence-corrected chi connectivity index (χ1v) is 7.33. The summed E-state index contributed by atoms with van der Waals surface area (Å²) in [5.41, 5.74) is 0. The molecule has 0 aromatic heterocycles. The Balaban J connectivity index is 1.97. The fourth-order valence-corrected chi connectivity index (χ4v) is 2.87. The molecule has 0 aromatic rings. The Morgan fingerprint density at radius 3 is 2.84 bits per heavy atom. The molecule has 2 heterocycles. The van der Waals surface area contributed by atoms with Crippen LogP contribution in [0.3, 0.4) is 0 Å². The van der Waals surface area contributed by atoms with Crippen molar-refractivity contribution >= 4 is 11.8 Å². The van der Waals surface area contributed by atoms with E-state index >= 15 is 0 Å². The summed E-state index contributed by atoms with van der Waals surface area (Å²) in [4.78, 5) is 26.0. The molecule has 0 spiro atoms. The van der Waals surface area contributed by atoms with E-state index in [9.17, 15) is 9.59 Å². The van der Waals surface area contributed by atoms with Crippen LogP contribution in [0.2, 0.25) is 0 Å². The Hall–Kier alpha value is -1.10. The van der Waals surface area contributed by atoms with Crippen molar-refractivity contribution in [3.63, 3.8) is 0 Å². The van der Waals surface area contributed by atoms with Gasteiger partial charge in [-0.1, -0.05) is 6.92 Å². The van der Waals surface area contributed by atoms with Gasteiger partial charge in [-0.05, 0) is 32.6 Å². The number of rotatable bonds is 4. The van der Waals surface area contributed by atoms with Gasteiger partial charge in [0, 0.05) is 25.6 Å². The van der Waals surface area contributed by atoms with Gasteiger partial charge in [0.1, 0.15) is 6.04 Å². The Morgan fingerprint density at radius 2 is 2.21 bits per heavy atom. The molecule has 108 valence electrons. The SMILES string of the molecule is CCC1NC(=O)CC(C)N(CCC2CCCO2)C1=O. The molecule has 2 aliphatic rings. The van der Waals surface area contributed by atoms with Gasteiger partial charge in [-0.15, -0.1) is 0 Å². The highest BCUT2D eigenvalue weighted by Crippen LogP contribution is 2.19. The van der Waals surface area contributed by atoms with E-state index < -0.39 is 0 Å². The summed E-state index contributed by atoms with van der Waals surface area (Å²) in [5.74, 6) is 0.0335. The normalized spacial score (nSPS) is 32.3. The highest BCUT2D eigenvalue weighted by atomic mass is 16.5. The molecule has 1 N–H and O–H groups in total. The molecule has 5 heteroatoms. The standard InChI is InChI=1S/C14H24N2O3/c1-3-12-14(18)16(10(2)9-13(17)15-12)7-6-11-5-4-8-19-11/h10-12H,3-9H2,1-2H3,(H,15,17). The fraction of sp³-hybridized carbons (Fsp3) is 0.857. The first kappa shape index (κ1) is 14.3. The van der Waals surface area contributed by atoms with Crippen LogP contribution in [0, 0.1) is 0 Å². The number of nitrogens with one attached hydrogen (secondary N) is 1. The van der Waals surface area contributed by atoms with Crippen LogP contribution in [0.25, 0.3) is 0 Å². The van der Waals surface area contributed by atoms with E-state index in [2.05, 4.69) is 5.32 Å². The van der Waals surface area contributed by atoms with Crippen LogP contribution >= 0.6 is 0 Å². The summed E-state index contributed by atoms with van der Waals surface area (Å²) < 4.78 is 5.60. The van der Waals surface area contributed by atoms with Crippen LogP contribution in [0.4, 0.5) is 0 Å². The predicted octanol–water partition coefficient (Wildman–Crippen LogP) is 1.07. The number of ether oxygens (including phenoxy) is 1. The van der Waals surface area contributed by atoms with E-state index in [1.54, 1.807) is 0 Å². The first-order chi connectivity index (χ1) is 9.11. The summed E-state index contributed by atoms with van der Waals surface area (Å²) >= 11 is 0. The Morgan fingerprint density at radius 1 is 1.42 bits per heavy atom. The summed E-state index contributed by atoms with van der Waals surface area (Å²) in [6.45, 7) is 5.41. The molecule has 0 aromatic carbocycles. The van der Waals surface area contributed by atoms with Crippen molar-refractivity contribution in [2.45, 2.75) is 64.1 Å². The molecule has 0 aliphatic carbocycles. The van der Waals surface area contributed by atoms with Crippen molar-refractivity contribution in [3.8, 4) is 0 Å². The van der Waals surface area contributed by atoms with Crippen molar-refractivity contribution < 1.29 is 14.3 Å². The monoisotopic (exact) mass is 268 g/mol. The zero-order valence-corrected chi connectivity index (χ0v) is 11.9. The second-order valence-corrected chi connectivity index (χ2v) is 5.54. The topological polar surface area (TPSA) is 58.6 Å². The highest BCUT2D eigenvalue weighted by Gasteiger charge is 2.33. The molecule has 2 aliphatic heterocycles. The summed E-state index contributed by atoms with van der Waals surface area (Å²) in [6, 6.07) is -0.382. The van der Waals surface area contributed by atoms with Crippen LogP contribution in [0.5, 0.6) is 0 Å². The minimum absolute atomic E-state index is 0.0210. The lowest BCUT2D eigenvalue weighted by atomic mass is 10.1. The average molecular weight is 268 g/mol. The van der Waals surface area contributed by atoms with Gasteiger partial charge in [-0.25, -0.2) is 0 Å². The third kappa shape index (κ3) is 3.47. The fourth-order valence-electron chi connectivity index (χ4n) is 2.87. The van der Waals surface area contributed by atoms with Gasteiger partial charge < -0.3 is 15.0 Å². The molecule has 2 amide bonds. The second-order valence-electron chi connectivity index (χ2n) is 5.54. The molecule has 3 atom stereocenters. The lowest BCUT2D eigenvalue weighted by Crippen LogP contribution is -2.46. The van der Waals surface area contributed by atoms with E-state index in [4.69, 9.17) is 4.74 Å². The van der Waals surface area contributed by atoms with Gasteiger partial charge in [-0.2, -0.15) is 0 Å². The number of hydrogen-bond donors (Lipinski definition) is 1. The van der Waals surface area contributed by atoms with Crippen LogP contribution < -0.4 is 5.32 Å². The van der Waals surface area contributed by atoms with Gasteiger partial charge in [0.15, 0.2) is 0 Å². The van der Waals surface area contributed by atoms with E-state index in [1.807, 2.05) is 18.7 Å². The molecular formula is C14H24N2O3. The van der Waals surface area contributed by atoms with Gasteiger partial charge in [0.25, 0.3) is 0 Å². The molecule has 2 saturated heterocycles. The summed E-state index contributed by atoms with van der Waals surface area (Å²) in [7, 11) is 0. The van der Waals surface area contributed by atoms with Gasteiger partial charge in [0.2, 0.25) is 11.8 Å². The average Bonchev–Trinajstić information content (AvgIpc) is 2.85. The number of carbonyl (C=O) groups is 2. The predicted molar refractivity (Wildman–Crippen MR) is 71.6 cm³/mol. The van der Waals surface area contributed by atoms with Gasteiger partial charge in [-0.3, -0.25) is 9.59 Å². The lowest BCUT2D eigenvalue weighted by Gasteiger charge is -2.29. The van der Waals surface area contributed by atoms with Crippen LogP contribution in [-0.2, 0) is 14.3 Å².